The third-order valence-electron chi connectivity index (χ3n) is 2.95. The van der Waals surface area contributed by atoms with Gasteiger partial charge in [0, 0.05) is 11.0 Å². The van der Waals surface area contributed by atoms with Gasteiger partial charge in [-0.05, 0) is 42.5 Å². The summed E-state index contributed by atoms with van der Waals surface area (Å²) in [6, 6.07) is 5.88. The number of carbonyl (C=O) groups excluding carboxylic acids is 1. The molecule has 0 saturated carbocycles. The van der Waals surface area contributed by atoms with Crippen molar-refractivity contribution in [2.24, 2.45) is 5.92 Å². The second-order valence-electron chi connectivity index (χ2n) is 5.74. The van der Waals surface area contributed by atoms with Crippen molar-refractivity contribution in [2.45, 2.75) is 46.6 Å². The van der Waals surface area contributed by atoms with E-state index in [1.807, 2.05) is 18.2 Å². The van der Waals surface area contributed by atoms with Crippen molar-refractivity contribution in [3.63, 3.8) is 0 Å². The van der Waals surface area contributed by atoms with Crippen LogP contribution >= 0.6 is 15.9 Å². The van der Waals surface area contributed by atoms with E-state index in [4.69, 9.17) is 4.74 Å². The molecule has 1 unspecified atom stereocenters. The molecule has 1 rings (SSSR count). The smallest absolute Gasteiger partial charge is 0.260 e. The normalized spacial score (nSPS) is 12.6. The van der Waals surface area contributed by atoms with E-state index in [1.54, 1.807) is 6.92 Å². The van der Waals surface area contributed by atoms with Gasteiger partial charge in [-0.25, -0.2) is 0 Å². The van der Waals surface area contributed by atoms with Gasteiger partial charge in [-0.15, -0.1) is 0 Å². The molecule has 0 aliphatic carbocycles. The van der Waals surface area contributed by atoms with Crippen LogP contribution in [-0.2, 0) is 4.79 Å². The number of benzene rings is 1. The Morgan fingerprint density at radius 2 is 1.90 bits per heavy atom. The van der Waals surface area contributed by atoms with E-state index in [-0.39, 0.29) is 5.91 Å². The molecule has 1 amide bonds. The van der Waals surface area contributed by atoms with Crippen molar-refractivity contribution in [2.75, 3.05) is 6.54 Å². The summed E-state index contributed by atoms with van der Waals surface area (Å²) < 4.78 is 6.84. The van der Waals surface area contributed by atoms with Crippen LogP contribution in [0.1, 0.15) is 46.1 Å². The number of rotatable bonds is 6. The van der Waals surface area contributed by atoms with E-state index < -0.39 is 6.10 Å². The number of hydrogen-bond donors (Lipinski definition) is 1. The van der Waals surface area contributed by atoms with Crippen molar-refractivity contribution in [1.29, 1.82) is 0 Å². The van der Waals surface area contributed by atoms with Crippen LogP contribution in [0.4, 0.5) is 0 Å². The highest BCUT2D eigenvalue weighted by Gasteiger charge is 2.17. The van der Waals surface area contributed by atoms with Crippen LogP contribution in [0.5, 0.6) is 5.75 Å². The quantitative estimate of drug-likeness (QED) is 0.845. The topological polar surface area (TPSA) is 38.3 Å². The monoisotopic (exact) mass is 341 g/mol. The van der Waals surface area contributed by atoms with E-state index >= 15 is 0 Å². The lowest BCUT2D eigenvalue weighted by molar-refractivity contribution is -0.127. The minimum absolute atomic E-state index is 0.0728. The Morgan fingerprint density at radius 1 is 1.25 bits per heavy atom. The summed E-state index contributed by atoms with van der Waals surface area (Å²) in [4.78, 5) is 12.0. The maximum absolute atomic E-state index is 12.0. The number of carbonyl (C=O) groups is 1. The first kappa shape index (κ1) is 17.0. The largest absolute Gasteiger partial charge is 0.481 e. The zero-order chi connectivity index (χ0) is 15.3. The Morgan fingerprint density at radius 3 is 2.45 bits per heavy atom. The molecule has 1 aromatic carbocycles. The summed E-state index contributed by atoms with van der Waals surface area (Å²) in [6.45, 7) is 10.8. The maximum atomic E-state index is 12.0. The maximum Gasteiger partial charge on any atom is 0.260 e. The van der Waals surface area contributed by atoms with Gasteiger partial charge in [-0.3, -0.25) is 4.79 Å². The highest BCUT2D eigenvalue weighted by Crippen LogP contribution is 2.30. The molecule has 0 aromatic heterocycles. The Bertz CT molecular complexity index is 458. The molecule has 0 aliphatic heterocycles. The summed E-state index contributed by atoms with van der Waals surface area (Å²) in [5.41, 5.74) is 1.10. The van der Waals surface area contributed by atoms with Crippen LogP contribution in [0.25, 0.3) is 0 Å². The Labute approximate surface area is 130 Å². The first-order valence-electron chi connectivity index (χ1n) is 7.05. The predicted octanol–water partition coefficient (Wildman–Crippen LogP) is 4.11. The zero-order valence-electron chi connectivity index (χ0n) is 12.9. The first-order chi connectivity index (χ1) is 9.31. The minimum Gasteiger partial charge on any atom is -0.481 e. The number of nitrogens with one attached hydrogen (secondary N) is 1. The van der Waals surface area contributed by atoms with Gasteiger partial charge in [0.05, 0.1) is 0 Å². The fourth-order valence-electron chi connectivity index (χ4n) is 1.77. The molecule has 0 fully saturated rings. The van der Waals surface area contributed by atoms with Gasteiger partial charge in [0.1, 0.15) is 5.75 Å². The van der Waals surface area contributed by atoms with Crippen LogP contribution in [0, 0.1) is 5.92 Å². The second-order valence-corrected chi connectivity index (χ2v) is 6.65. The Balaban J connectivity index is 2.75. The van der Waals surface area contributed by atoms with E-state index in [1.165, 1.54) is 0 Å². The molecular formula is C16H24BrNO2. The van der Waals surface area contributed by atoms with Crippen LogP contribution in [0.15, 0.2) is 22.7 Å². The standard InChI is InChI=1S/C16H24BrNO2/c1-10(2)9-18-16(19)12(5)20-15-7-6-13(17)8-14(15)11(3)4/h6-8,10-12H,9H2,1-5H3,(H,18,19). The summed E-state index contributed by atoms with van der Waals surface area (Å²) in [5, 5.41) is 2.89. The molecule has 0 radical (unpaired) electrons. The van der Waals surface area contributed by atoms with Crippen molar-refractivity contribution >= 4 is 21.8 Å². The SMILES string of the molecule is CC(C)CNC(=O)C(C)Oc1ccc(Br)cc1C(C)C. The third kappa shape index (κ3) is 5.16. The molecule has 0 saturated heterocycles. The molecule has 112 valence electrons. The van der Waals surface area contributed by atoms with Gasteiger partial charge in [0.15, 0.2) is 6.10 Å². The lowest BCUT2D eigenvalue weighted by Crippen LogP contribution is -2.38. The van der Waals surface area contributed by atoms with Crippen molar-refractivity contribution in [1.82, 2.24) is 5.32 Å². The summed E-state index contributed by atoms with van der Waals surface area (Å²) >= 11 is 3.47. The summed E-state index contributed by atoms with van der Waals surface area (Å²) in [5.74, 6) is 1.48. The highest BCUT2D eigenvalue weighted by atomic mass is 79.9. The van der Waals surface area contributed by atoms with Gasteiger partial charge in [-0.1, -0.05) is 43.6 Å². The van der Waals surface area contributed by atoms with Crippen LogP contribution in [0.3, 0.4) is 0 Å². The summed E-state index contributed by atoms with van der Waals surface area (Å²) in [6.07, 6.45) is -0.493. The van der Waals surface area contributed by atoms with Crippen LogP contribution in [0.2, 0.25) is 0 Å². The molecule has 20 heavy (non-hydrogen) atoms. The molecule has 0 bridgehead atoms. The summed E-state index contributed by atoms with van der Waals surface area (Å²) in [7, 11) is 0. The van der Waals surface area contributed by atoms with Crippen molar-refractivity contribution < 1.29 is 9.53 Å². The zero-order valence-corrected chi connectivity index (χ0v) is 14.5. The number of amides is 1. The van der Waals surface area contributed by atoms with Gasteiger partial charge < -0.3 is 10.1 Å². The Hall–Kier alpha value is -1.03. The van der Waals surface area contributed by atoms with Crippen LogP contribution < -0.4 is 10.1 Å². The van der Waals surface area contributed by atoms with Gasteiger partial charge >= 0.3 is 0 Å². The number of halogens is 1. The molecule has 1 atom stereocenters. The molecule has 3 nitrogen and oxygen atoms in total. The van der Waals surface area contributed by atoms with Crippen LogP contribution in [-0.4, -0.2) is 18.6 Å². The number of hydrogen-bond acceptors (Lipinski definition) is 2. The average Bonchev–Trinajstić information content (AvgIpc) is 2.37. The molecule has 0 heterocycles. The lowest BCUT2D eigenvalue weighted by atomic mass is 10.0. The average molecular weight is 342 g/mol. The van der Waals surface area contributed by atoms with E-state index in [9.17, 15) is 4.79 Å². The number of ether oxygens (including phenoxy) is 1. The van der Waals surface area contributed by atoms with Gasteiger partial charge in [0.2, 0.25) is 0 Å². The fourth-order valence-corrected chi connectivity index (χ4v) is 2.15. The highest BCUT2D eigenvalue weighted by molar-refractivity contribution is 9.10. The van der Waals surface area contributed by atoms with E-state index in [0.29, 0.717) is 18.4 Å². The molecule has 1 aromatic rings. The predicted molar refractivity (Wildman–Crippen MR) is 86.2 cm³/mol. The van der Waals surface area contributed by atoms with Crippen molar-refractivity contribution in [3.05, 3.63) is 28.2 Å². The second kappa shape index (κ2) is 7.67. The van der Waals surface area contributed by atoms with Gasteiger partial charge in [0.25, 0.3) is 5.91 Å². The fraction of sp³-hybridized carbons (Fsp3) is 0.562. The molecule has 0 spiro atoms. The lowest BCUT2D eigenvalue weighted by Gasteiger charge is -2.19. The first-order valence-corrected chi connectivity index (χ1v) is 7.84. The molecule has 1 N–H and O–H groups in total. The van der Waals surface area contributed by atoms with Gasteiger partial charge in [-0.2, -0.15) is 0 Å². The minimum atomic E-state index is -0.493. The van der Waals surface area contributed by atoms with E-state index in [2.05, 4.69) is 48.9 Å². The molecule has 4 heteroatoms. The molecular weight excluding hydrogens is 318 g/mol. The third-order valence-corrected chi connectivity index (χ3v) is 3.44. The van der Waals surface area contributed by atoms with Crippen molar-refractivity contribution in [3.8, 4) is 5.75 Å². The Kier molecular flexibility index (Phi) is 6.53. The van der Waals surface area contributed by atoms with E-state index in [0.717, 1.165) is 15.8 Å². The molecule has 0 aliphatic rings.